The van der Waals surface area contributed by atoms with Crippen LogP contribution in [0.15, 0.2) is 48.5 Å². The summed E-state index contributed by atoms with van der Waals surface area (Å²) in [6.45, 7) is 2.19. The molecule has 0 radical (unpaired) electrons. The number of rotatable bonds is 8. The molecule has 2 amide bonds. The van der Waals surface area contributed by atoms with Crippen molar-refractivity contribution in [3.8, 4) is 0 Å². The van der Waals surface area contributed by atoms with Crippen LogP contribution in [0.4, 0.5) is 10.5 Å². The highest BCUT2D eigenvalue weighted by Crippen LogP contribution is 2.30. The second-order valence-corrected chi connectivity index (χ2v) is 8.65. The normalized spacial score (nSPS) is 19.9. The fourth-order valence-corrected chi connectivity index (χ4v) is 4.36. The smallest absolute Gasteiger partial charge is 0.414 e. The Kier molecular flexibility index (Phi) is 7.37. The van der Waals surface area contributed by atoms with E-state index in [9.17, 15) is 19.2 Å². The van der Waals surface area contributed by atoms with Crippen molar-refractivity contribution in [1.29, 1.82) is 0 Å². The number of carbonyl (C=O) groups excluding carboxylic acids is 4. The van der Waals surface area contributed by atoms with Crippen LogP contribution in [0, 0.1) is 5.92 Å². The average molecular weight is 465 g/mol. The van der Waals surface area contributed by atoms with Crippen LogP contribution in [0.2, 0.25) is 0 Å². The largest absolute Gasteiger partial charge is 0.442 e. The van der Waals surface area contributed by atoms with Gasteiger partial charge in [-0.05, 0) is 48.6 Å². The minimum absolute atomic E-state index is 0.103. The first-order chi connectivity index (χ1) is 16.4. The van der Waals surface area contributed by atoms with Crippen LogP contribution in [0.3, 0.4) is 0 Å². The molecule has 1 saturated heterocycles. The van der Waals surface area contributed by atoms with E-state index in [0.717, 1.165) is 11.1 Å². The molecule has 34 heavy (non-hydrogen) atoms. The molecule has 0 aromatic heterocycles. The Hall–Kier alpha value is -3.52. The summed E-state index contributed by atoms with van der Waals surface area (Å²) in [4.78, 5) is 50.9. The second-order valence-electron chi connectivity index (χ2n) is 8.65. The summed E-state index contributed by atoms with van der Waals surface area (Å²) in [5.74, 6) is -1.31. The molecule has 8 nitrogen and oxygen atoms in total. The fraction of sp³-hybridized carbons (Fsp3) is 0.385. The second kappa shape index (κ2) is 10.6. The van der Waals surface area contributed by atoms with Gasteiger partial charge in [-0.15, -0.1) is 0 Å². The number of benzene rings is 2. The Morgan fingerprint density at radius 1 is 1.15 bits per heavy atom. The van der Waals surface area contributed by atoms with Gasteiger partial charge in [0.1, 0.15) is 12.7 Å². The number of ether oxygens (including phenoxy) is 2. The van der Waals surface area contributed by atoms with E-state index in [1.54, 1.807) is 12.1 Å². The quantitative estimate of drug-likeness (QED) is 0.476. The molecule has 1 aliphatic heterocycles. The number of nitrogens with zero attached hydrogens (tertiary/aromatic N) is 1. The zero-order chi connectivity index (χ0) is 24.1. The predicted molar refractivity (Wildman–Crippen MR) is 125 cm³/mol. The van der Waals surface area contributed by atoms with Gasteiger partial charge in [-0.1, -0.05) is 30.3 Å². The van der Waals surface area contributed by atoms with Crippen molar-refractivity contribution >= 4 is 29.3 Å². The highest BCUT2D eigenvalue weighted by Gasteiger charge is 2.34. The molecule has 0 bridgehead atoms. The maximum absolute atomic E-state index is 13.2. The number of aryl methyl sites for hydroxylation is 1. The Morgan fingerprint density at radius 2 is 1.94 bits per heavy atom. The molecule has 2 aromatic rings. The first-order valence-corrected chi connectivity index (χ1v) is 11.5. The van der Waals surface area contributed by atoms with Crippen LogP contribution in [0.1, 0.15) is 41.3 Å². The lowest BCUT2D eigenvalue weighted by molar-refractivity contribution is -0.126. The predicted octanol–water partition coefficient (Wildman–Crippen LogP) is 3.07. The molecule has 4 rings (SSSR count). The van der Waals surface area contributed by atoms with Gasteiger partial charge < -0.3 is 14.8 Å². The van der Waals surface area contributed by atoms with Gasteiger partial charge in [-0.25, -0.2) is 4.79 Å². The topological polar surface area (TPSA) is 102 Å². The van der Waals surface area contributed by atoms with Gasteiger partial charge in [-0.3, -0.25) is 19.3 Å². The van der Waals surface area contributed by atoms with Crippen molar-refractivity contribution in [2.75, 3.05) is 24.6 Å². The van der Waals surface area contributed by atoms with Gasteiger partial charge in [-0.2, -0.15) is 0 Å². The number of hydrogen-bond donors (Lipinski definition) is 1. The Balaban J connectivity index is 1.40. The van der Waals surface area contributed by atoms with Gasteiger partial charge in [0.2, 0.25) is 5.91 Å². The lowest BCUT2D eigenvalue weighted by atomic mass is 9.91. The van der Waals surface area contributed by atoms with Crippen LogP contribution < -0.4 is 10.2 Å². The van der Waals surface area contributed by atoms with Crippen molar-refractivity contribution in [2.24, 2.45) is 5.92 Å². The van der Waals surface area contributed by atoms with Gasteiger partial charge in [0.25, 0.3) is 0 Å². The molecule has 2 aliphatic rings. The Labute approximate surface area is 198 Å². The van der Waals surface area contributed by atoms with E-state index in [0.29, 0.717) is 43.7 Å². The number of carbonyl (C=O) groups is 4. The van der Waals surface area contributed by atoms with Crippen molar-refractivity contribution in [2.45, 2.75) is 38.9 Å². The van der Waals surface area contributed by atoms with Crippen LogP contribution in [0.25, 0.3) is 0 Å². The molecule has 1 aliphatic carbocycles. The first kappa shape index (κ1) is 23.6. The van der Waals surface area contributed by atoms with E-state index in [4.69, 9.17) is 9.47 Å². The molecule has 0 unspecified atom stereocenters. The highest BCUT2D eigenvalue weighted by atomic mass is 16.6. The van der Waals surface area contributed by atoms with E-state index in [1.807, 2.05) is 36.4 Å². The zero-order valence-electron chi connectivity index (χ0n) is 19.1. The van der Waals surface area contributed by atoms with E-state index < -0.39 is 18.1 Å². The third-order valence-electron chi connectivity index (χ3n) is 6.12. The number of nitrogens with one attached hydrogen (secondary N) is 1. The SMILES string of the molecule is CC(=O)NC[C@H]1CN(c2ccc3c(c2)CCC[C@@H](C(=O)COCc2ccccc2)C3=O)C(=O)O1. The van der Waals surface area contributed by atoms with E-state index in [-0.39, 0.29) is 30.6 Å². The number of cyclic esters (lactones) is 1. The van der Waals surface area contributed by atoms with Gasteiger partial charge in [0.05, 0.1) is 25.6 Å². The van der Waals surface area contributed by atoms with Crippen molar-refractivity contribution in [3.63, 3.8) is 0 Å². The number of hydrogen-bond acceptors (Lipinski definition) is 6. The van der Waals surface area contributed by atoms with E-state index in [1.165, 1.54) is 11.8 Å². The molecular weight excluding hydrogens is 436 g/mol. The Bertz CT molecular complexity index is 1080. The van der Waals surface area contributed by atoms with Crippen LogP contribution in [-0.2, 0) is 32.1 Å². The molecule has 2 aromatic carbocycles. The summed E-state index contributed by atoms with van der Waals surface area (Å²) in [5, 5.41) is 2.65. The van der Waals surface area contributed by atoms with Crippen LogP contribution in [-0.4, -0.2) is 49.4 Å². The molecule has 2 atom stereocenters. The number of fused-ring (bicyclic) bond motifs is 1. The number of Topliss-reactive ketones (excluding diaryl/α,β-unsaturated/α-hetero) is 2. The van der Waals surface area contributed by atoms with Crippen LogP contribution >= 0.6 is 0 Å². The molecule has 1 fully saturated rings. The minimum atomic E-state index is -0.721. The number of ketones is 2. The standard InChI is InChI=1S/C26H28N2O6/c1-17(29)27-13-21-14-28(26(32)34-21)20-10-11-22-19(12-20)8-5-9-23(25(22)31)24(30)16-33-15-18-6-3-2-4-7-18/h2-4,6-7,10-12,21,23H,5,8-9,13-16H2,1H3,(H,27,29)/t21-,23-/m0/s1. The van der Waals surface area contributed by atoms with Crippen molar-refractivity contribution < 1.29 is 28.7 Å². The summed E-state index contributed by atoms with van der Waals surface area (Å²) in [6.07, 6.45) is 0.879. The third kappa shape index (κ3) is 5.51. The lowest BCUT2D eigenvalue weighted by Gasteiger charge is -2.16. The molecule has 178 valence electrons. The molecule has 1 heterocycles. The third-order valence-corrected chi connectivity index (χ3v) is 6.12. The molecule has 1 N–H and O–H groups in total. The molecule has 0 saturated carbocycles. The molecular formula is C26H28N2O6. The average Bonchev–Trinajstić information content (AvgIpc) is 3.12. The number of amides is 2. The van der Waals surface area contributed by atoms with Crippen molar-refractivity contribution in [3.05, 3.63) is 65.2 Å². The van der Waals surface area contributed by atoms with Crippen molar-refractivity contribution in [1.82, 2.24) is 5.32 Å². The highest BCUT2D eigenvalue weighted by molar-refractivity contribution is 6.12. The van der Waals surface area contributed by atoms with Gasteiger partial charge in [0, 0.05) is 18.2 Å². The summed E-state index contributed by atoms with van der Waals surface area (Å²) < 4.78 is 10.9. The Morgan fingerprint density at radius 3 is 2.71 bits per heavy atom. The van der Waals surface area contributed by atoms with Gasteiger partial charge in [0.15, 0.2) is 11.6 Å². The molecule has 0 spiro atoms. The molecule has 8 heteroatoms. The van der Waals surface area contributed by atoms with Gasteiger partial charge >= 0.3 is 6.09 Å². The zero-order valence-corrected chi connectivity index (χ0v) is 19.1. The fourth-order valence-electron chi connectivity index (χ4n) is 4.36. The maximum Gasteiger partial charge on any atom is 0.414 e. The summed E-state index contributed by atoms with van der Waals surface area (Å²) in [5.41, 5.74) is 2.95. The summed E-state index contributed by atoms with van der Waals surface area (Å²) in [6, 6.07) is 14.8. The maximum atomic E-state index is 13.2. The van der Waals surface area contributed by atoms with Crippen LogP contribution in [0.5, 0.6) is 0 Å². The summed E-state index contributed by atoms with van der Waals surface area (Å²) >= 11 is 0. The van der Waals surface area contributed by atoms with E-state index >= 15 is 0 Å². The minimum Gasteiger partial charge on any atom is -0.442 e. The monoisotopic (exact) mass is 464 g/mol. The lowest BCUT2D eigenvalue weighted by Crippen LogP contribution is -2.33. The first-order valence-electron chi connectivity index (χ1n) is 11.5. The summed E-state index contributed by atoms with van der Waals surface area (Å²) in [7, 11) is 0. The number of anilines is 1. The van der Waals surface area contributed by atoms with E-state index in [2.05, 4.69) is 5.32 Å².